The molecule has 1 atom stereocenters. The van der Waals surface area contributed by atoms with E-state index in [1.807, 2.05) is 12.1 Å². The smallest absolute Gasteiger partial charge is 0.319 e. The molecule has 1 aliphatic rings. The van der Waals surface area contributed by atoms with E-state index < -0.39 is 0 Å². The summed E-state index contributed by atoms with van der Waals surface area (Å²) >= 11 is 0. The minimum atomic E-state index is -0.230. The summed E-state index contributed by atoms with van der Waals surface area (Å²) in [4.78, 5) is 16.3. The lowest BCUT2D eigenvalue weighted by atomic mass is 10.1. The Bertz CT molecular complexity index is 688. The van der Waals surface area contributed by atoms with Gasteiger partial charge in [-0.2, -0.15) is 0 Å². The summed E-state index contributed by atoms with van der Waals surface area (Å²) in [5.74, 6) is 0.503. The number of aryl methyl sites for hydroxylation is 1. The Hall–Kier alpha value is -2.60. The number of fused-ring (bicyclic) bond motifs is 1. The SMILES string of the molecule is COCCOc1ccc(NC(=O)N[C@@H]2CCc3ccccc32)cn1. The molecule has 6 heteroatoms. The van der Waals surface area contributed by atoms with E-state index in [-0.39, 0.29) is 12.1 Å². The Morgan fingerprint density at radius 3 is 2.92 bits per heavy atom. The Morgan fingerprint density at radius 1 is 1.25 bits per heavy atom. The van der Waals surface area contributed by atoms with E-state index in [0.29, 0.717) is 24.8 Å². The Labute approximate surface area is 141 Å². The summed E-state index contributed by atoms with van der Waals surface area (Å²) < 4.78 is 10.3. The van der Waals surface area contributed by atoms with Crippen LogP contribution >= 0.6 is 0 Å². The second-order valence-electron chi connectivity index (χ2n) is 5.61. The molecule has 24 heavy (non-hydrogen) atoms. The van der Waals surface area contributed by atoms with Crippen LogP contribution in [0.25, 0.3) is 0 Å². The largest absolute Gasteiger partial charge is 0.475 e. The summed E-state index contributed by atoms with van der Waals surface area (Å²) in [6.07, 6.45) is 3.50. The van der Waals surface area contributed by atoms with Crippen molar-refractivity contribution in [1.29, 1.82) is 0 Å². The molecule has 2 aromatic rings. The van der Waals surface area contributed by atoms with Crippen LogP contribution in [0.1, 0.15) is 23.6 Å². The van der Waals surface area contributed by atoms with Crippen molar-refractivity contribution >= 4 is 11.7 Å². The minimum Gasteiger partial charge on any atom is -0.475 e. The van der Waals surface area contributed by atoms with E-state index in [0.717, 1.165) is 12.8 Å². The van der Waals surface area contributed by atoms with Gasteiger partial charge >= 0.3 is 6.03 Å². The van der Waals surface area contributed by atoms with Crippen LogP contribution in [0.3, 0.4) is 0 Å². The third kappa shape index (κ3) is 4.02. The number of ether oxygens (including phenoxy) is 2. The van der Waals surface area contributed by atoms with Crippen LogP contribution in [-0.2, 0) is 11.2 Å². The van der Waals surface area contributed by atoms with Crippen molar-refractivity contribution < 1.29 is 14.3 Å². The van der Waals surface area contributed by atoms with Gasteiger partial charge in [-0.3, -0.25) is 0 Å². The summed E-state index contributed by atoms with van der Waals surface area (Å²) in [7, 11) is 1.62. The highest BCUT2D eigenvalue weighted by Crippen LogP contribution is 2.30. The zero-order valence-corrected chi connectivity index (χ0v) is 13.6. The third-order valence-corrected chi connectivity index (χ3v) is 3.97. The van der Waals surface area contributed by atoms with Crippen LogP contribution in [-0.4, -0.2) is 31.3 Å². The molecule has 1 heterocycles. The first kappa shape index (κ1) is 16.3. The number of nitrogens with zero attached hydrogens (tertiary/aromatic N) is 1. The lowest BCUT2D eigenvalue weighted by Crippen LogP contribution is -2.31. The number of carbonyl (C=O) groups excluding carboxylic acids is 1. The van der Waals surface area contributed by atoms with Gasteiger partial charge in [0.2, 0.25) is 5.88 Å². The van der Waals surface area contributed by atoms with Gasteiger partial charge in [0, 0.05) is 13.2 Å². The van der Waals surface area contributed by atoms with E-state index in [9.17, 15) is 4.79 Å². The van der Waals surface area contributed by atoms with Crippen LogP contribution in [0.4, 0.5) is 10.5 Å². The molecule has 0 saturated heterocycles. The third-order valence-electron chi connectivity index (χ3n) is 3.97. The number of hydrogen-bond acceptors (Lipinski definition) is 4. The normalized spacial score (nSPS) is 15.6. The van der Waals surface area contributed by atoms with E-state index >= 15 is 0 Å². The van der Waals surface area contributed by atoms with Crippen molar-refractivity contribution in [3.8, 4) is 5.88 Å². The van der Waals surface area contributed by atoms with Crippen molar-refractivity contribution in [3.63, 3.8) is 0 Å². The molecular weight excluding hydrogens is 306 g/mol. The van der Waals surface area contributed by atoms with Gasteiger partial charge in [-0.15, -0.1) is 0 Å². The molecule has 2 N–H and O–H groups in total. The van der Waals surface area contributed by atoms with E-state index in [1.165, 1.54) is 11.1 Å². The molecule has 6 nitrogen and oxygen atoms in total. The van der Waals surface area contributed by atoms with Gasteiger partial charge in [0.05, 0.1) is 24.5 Å². The van der Waals surface area contributed by atoms with Gasteiger partial charge in [0.15, 0.2) is 0 Å². The first-order valence-electron chi connectivity index (χ1n) is 7.99. The zero-order valence-electron chi connectivity index (χ0n) is 13.6. The fourth-order valence-electron chi connectivity index (χ4n) is 2.80. The quantitative estimate of drug-likeness (QED) is 0.800. The zero-order chi connectivity index (χ0) is 16.8. The first-order valence-corrected chi connectivity index (χ1v) is 7.99. The minimum absolute atomic E-state index is 0.0609. The summed E-state index contributed by atoms with van der Waals surface area (Å²) in [6, 6.07) is 11.5. The molecule has 0 spiro atoms. The number of anilines is 1. The van der Waals surface area contributed by atoms with Gasteiger partial charge in [0.1, 0.15) is 6.61 Å². The van der Waals surface area contributed by atoms with Gasteiger partial charge < -0.3 is 20.1 Å². The predicted molar refractivity (Wildman–Crippen MR) is 91.3 cm³/mol. The maximum absolute atomic E-state index is 12.2. The van der Waals surface area contributed by atoms with Gasteiger partial charge in [-0.25, -0.2) is 9.78 Å². The van der Waals surface area contributed by atoms with Crippen LogP contribution in [0.15, 0.2) is 42.6 Å². The number of urea groups is 1. The number of aromatic nitrogens is 1. The molecule has 3 rings (SSSR count). The molecule has 1 aliphatic carbocycles. The molecule has 0 unspecified atom stereocenters. The lowest BCUT2D eigenvalue weighted by molar-refractivity contribution is 0.144. The number of carbonyl (C=O) groups is 1. The summed E-state index contributed by atoms with van der Waals surface area (Å²) in [6.45, 7) is 0.949. The molecule has 0 aliphatic heterocycles. The fraction of sp³-hybridized carbons (Fsp3) is 0.333. The van der Waals surface area contributed by atoms with Crippen molar-refractivity contribution in [1.82, 2.24) is 10.3 Å². The highest BCUT2D eigenvalue weighted by atomic mass is 16.5. The monoisotopic (exact) mass is 327 g/mol. The molecule has 126 valence electrons. The number of rotatable bonds is 6. The number of benzene rings is 1. The average Bonchev–Trinajstić information content (AvgIpc) is 3.00. The van der Waals surface area contributed by atoms with Gasteiger partial charge in [-0.05, 0) is 30.0 Å². The topological polar surface area (TPSA) is 72.5 Å². The fourth-order valence-corrected chi connectivity index (χ4v) is 2.80. The second-order valence-corrected chi connectivity index (χ2v) is 5.61. The Balaban J connectivity index is 1.52. The molecule has 1 aromatic carbocycles. The van der Waals surface area contributed by atoms with E-state index in [2.05, 4.69) is 27.8 Å². The van der Waals surface area contributed by atoms with Crippen molar-refractivity contribution in [2.45, 2.75) is 18.9 Å². The molecule has 0 saturated carbocycles. The van der Waals surface area contributed by atoms with E-state index in [4.69, 9.17) is 9.47 Å². The van der Waals surface area contributed by atoms with Crippen LogP contribution in [0.2, 0.25) is 0 Å². The van der Waals surface area contributed by atoms with Crippen molar-refractivity contribution in [2.75, 3.05) is 25.6 Å². The Morgan fingerprint density at radius 2 is 2.12 bits per heavy atom. The molecule has 0 radical (unpaired) electrons. The predicted octanol–water partition coefficient (Wildman–Crippen LogP) is 2.92. The molecular formula is C18H21N3O3. The van der Waals surface area contributed by atoms with Crippen molar-refractivity contribution in [2.24, 2.45) is 0 Å². The van der Waals surface area contributed by atoms with Gasteiger partial charge in [0.25, 0.3) is 0 Å². The van der Waals surface area contributed by atoms with Crippen LogP contribution in [0.5, 0.6) is 5.88 Å². The van der Waals surface area contributed by atoms with Crippen LogP contribution < -0.4 is 15.4 Å². The average molecular weight is 327 g/mol. The number of pyridine rings is 1. The standard InChI is InChI=1S/C18H21N3O3/c1-23-10-11-24-17-9-7-14(12-19-17)20-18(22)21-16-8-6-13-4-2-3-5-15(13)16/h2-5,7,9,12,16H,6,8,10-11H2,1H3,(H2,20,21,22)/t16-/m1/s1. The maximum Gasteiger partial charge on any atom is 0.319 e. The second kappa shape index (κ2) is 7.79. The van der Waals surface area contributed by atoms with Gasteiger partial charge in [-0.1, -0.05) is 24.3 Å². The Kier molecular flexibility index (Phi) is 5.28. The molecule has 0 fully saturated rings. The van der Waals surface area contributed by atoms with E-state index in [1.54, 1.807) is 25.4 Å². The highest BCUT2D eigenvalue weighted by Gasteiger charge is 2.23. The first-order chi connectivity index (χ1) is 11.8. The molecule has 1 aromatic heterocycles. The highest BCUT2D eigenvalue weighted by molar-refractivity contribution is 5.89. The number of methoxy groups -OCH3 is 1. The summed E-state index contributed by atoms with van der Waals surface area (Å²) in [5.41, 5.74) is 3.13. The van der Waals surface area contributed by atoms with Crippen LogP contribution in [0, 0.1) is 0 Å². The maximum atomic E-state index is 12.2. The van der Waals surface area contributed by atoms with Crippen molar-refractivity contribution in [3.05, 3.63) is 53.7 Å². The number of amides is 2. The lowest BCUT2D eigenvalue weighted by Gasteiger charge is -2.15. The summed E-state index contributed by atoms with van der Waals surface area (Å²) in [5, 5.41) is 5.82. The number of nitrogens with one attached hydrogen (secondary N) is 2. The number of hydrogen-bond donors (Lipinski definition) is 2. The molecule has 0 bridgehead atoms. The molecule has 2 amide bonds.